The van der Waals surface area contributed by atoms with E-state index < -0.39 is 0 Å². The maximum atomic E-state index is 2.57. The van der Waals surface area contributed by atoms with Crippen molar-refractivity contribution in [3.05, 3.63) is 192 Å². The zero-order valence-electron chi connectivity index (χ0n) is 37.0. The zero-order valence-corrected chi connectivity index (χ0v) is 38.7. The topological polar surface area (TPSA) is 6.48 Å². The third-order valence-electron chi connectivity index (χ3n) is 13.6. The zero-order chi connectivity index (χ0) is 43.4. The van der Waals surface area contributed by atoms with Crippen molar-refractivity contribution in [1.29, 1.82) is 0 Å². The maximum Gasteiger partial charge on any atom is 0.0669 e. The van der Waals surface area contributed by atoms with Gasteiger partial charge in [-0.1, -0.05) is 149 Å². The lowest BCUT2D eigenvalue weighted by Gasteiger charge is -2.31. The van der Waals surface area contributed by atoms with Gasteiger partial charge in [-0.25, -0.2) is 0 Å². The molecule has 0 spiro atoms. The predicted octanol–water partition coefficient (Wildman–Crippen LogP) is 19.1. The van der Waals surface area contributed by atoms with Crippen molar-refractivity contribution in [2.75, 3.05) is 9.80 Å². The van der Waals surface area contributed by atoms with E-state index in [4.69, 9.17) is 0 Å². The van der Waals surface area contributed by atoms with E-state index in [9.17, 15) is 0 Å². The number of thiophene rings is 2. The van der Waals surface area contributed by atoms with Gasteiger partial charge in [0.15, 0.2) is 0 Å². The van der Waals surface area contributed by atoms with Crippen molar-refractivity contribution in [2.45, 2.75) is 53.4 Å². The standard InChI is InChI=1S/C60H48N2S2/c1-35(2)41-13-11-15-43(33-41)61(57-37(5)21-27-47-45-17-7-9-19-53(45)63-59(47)57)51-31-25-39-24-30-50-52(32-26-40-23-29-49(51)55(39)56(40)50)62(44-16-12-14-42(34-44)36(3)4)58-38(6)22-28-48-46-18-8-10-20-54(46)64-60(48)58/h7-36H,1-6H3. The summed E-state index contributed by atoms with van der Waals surface area (Å²) in [6, 6.07) is 64.4. The Morgan fingerprint density at radius 2 is 0.781 bits per heavy atom. The summed E-state index contributed by atoms with van der Waals surface area (Å²) in [5.41, 5.74) is 12.4. The molecule has 12 rings (SSSR count). The SMILES string of the molecule is Cc1ccc2c(sc3ccccc32)c1N(c1cccc(C(C)C)c1)c1ccc2ccc3c(N(c4cccc(C(C)C)c4)c4c(C)ccc5c4sc4ccccc45)ccc4ccc1c2c43. The number of hydrogen-bond acceptors (Lipinski definition) is 4. The van der Waals surface area contributed by atoms with E-state index in [0.717, 1.165) is 0 Å². The van der Waals surface area contributed by atoms with Gasteiger partial charge in [-0.2, -0.15) is 0 Å². The van der Waals surface area contributed by atoms with Crippen LogP contribution >= 0.6 is 22.7 Å². The lowest BCUT2D eigenvalue weighted by molar-refractivity contribution is 0.866. The van der Waals surface area contributed by atoms with Gasteiger partial charge in [-0.05, 0) is 118 Å². The van der Waals surface area contributed by atoms with Crippen molar-refractivity contribution in [3.63, 3.8) is 0 Å². The first-order chi connectivity index (χ1) is 31.2. The molecule has 0 aliphatic carbocycles. The van der Waals surface area contributed by atoms with Gasteiger partial charge < -0.3 is 9.80 Å². The van der Waals surface area contributed by atoms with Crippen LogP contribution in [-0.4, -0.2) is 0 Å². The molecule has 0 saturated carbocycles. The summed E-state index contributed by atoms with van der Waals surface area (Å²) in [6.07, 6.45) is 0. The molecule has 2 aromatic heterocycles. The molecule has 0 fully saturated rings. The second kappa shape index (κ2) is 14.9. The van der Waals surface area contributed by atoms with Crippen LogP contribution < -0.4 is 9.80 Å². The number of aryl methyl sites for hydroxylation is 2. The number of hydrogen-bond donors (Lipinski definition) is 0. The number of benzene rings is 10. The summed E-state index contributed by atoms with van der Waals surface area (Å²) in [5.74, 6) is 0.794. The lowest BCUT2D eigenvalue weighted by atomic mass is 9.91. The number of anilines is 6. The first-order valence-corrected chi connectivity index (χ1v) is 24.2. The first-order valence-electron chi connectivity index (χ1n) is 22.6. The molecule has 2 heterocycles. The summed E-state index contributed by atoms with van der Waals surface area (Å²) in [7, 11) is 0. The Kier molecular flexibility index (Phi) is 9.09. The van der Waals surface area contributed by atoms with Crippen molar-refractivity contribution < 1.29 is 0 Å². The van der Waals surface area contributed by atoms with Crippen molar-refractivity contribution in [3.8, 4) is 0 Å². The van der Waals surface area contributed by atoms with Gasteiger partial charge in [0.05, 0.1) is 32.1 Å². The maximum absolute atomic E-state index is 2.57. The molecule has 64 heavy (non-hydrogen) atoms. The highest BCUT2D eigenvalue weighted by Gasteiger charge is 2.27. The van der Waals surface area contributed by atoms with E-state index in [1.165, 1.54) is 129 Å². The third-order valence-corrected chi connectivity index (χ3v) is 16.0. The van der Waals surface area contributed by atoms with Crippen LogP contribution in [0.25, 0.3) is 72.7 Å². The number of nitrogens with zero attached hydrogens (tertiary/aromatic N) is 2. The Morgan fingerprint density at radius 3 is 1.22 bits per heavy atom. The Balaban J connectivity index is 1.16. The average molecular weight is 861 g/mol. The van der Waals surface area contributed by atoms with Crippen LogP contribution in [0.1, 0.15) is 61.8 Å². The van der Waals surface area contributed by atoms with Crippen LogP contribution in [0.2, 0.25) is 0 Å². The number of fused-ring (bicyclic) bond motifs is 6. The van der Waals surface area contributed by atoms with Crippen LogP contribution in [0.5, 0.6) is 0 Å². The fourth-order valence-corrected chi connectivity index (χ4v) is 12.9. The molecule has 0 aliphatic rings. The quantitative estimate of drug-likeness (QED) is 0.140. The van der Waals surface area contributed by atoms with Gasteiger partial charge >= 0.3 is 0 Å². The Morgan fingerprint density at radius 1 is 0.375 bits per heavy atom. The normalized spacial score (nSPS) is 12.2. The molecular formula is C60H48N2S2. The van der Waals surface area contributed by atoms with Crippen molar-refractivity contribution >= 4 is 129 Å². The largest absolute Gasteiger partial charge is 0.308 e. The lowest BCUT2D eigenvalue weighted by Crippen LogP contribution is -2.13. The summed E-state index contributed by atoms with van der Waals surface area (Å²) >= 11 is 3.81. The molecule has 12 aromatic rings. The van der Waals surface area contributed by atoms with Gasteiger partial charge in [0.25, 0.3) is 0 Å². The summed E-state index contributed by atoms with van der Waals surface area (Å²) in [4.78, 5) is 5.14. The minimum Gasteiger partial charge on any atom is -0.308 e. The summed E-state index contributed by atoms with van der Waals surface area (Å²) in [6.45, 7) is 13.7. The minimum atomic E-state index is 0.397. The molecule has 0 atom stereocenters. The van der Waals surface area contributed by atoms with Crippen molar-refractivity contribution in [2.24, 2.45) is 0 Å². The molecule has 10 aromatic carbocycles. The van der Waals surface area contributed by atoms with E-state index in [-0.39, 0.29) is 0 Å². The van der Waals surface area contributed by atoms with Crippen LogP contribution in [0.4, 0.5) is 34.1 Å². The first kappa shape index (κ1) is 38.9. The van der Waals surface area contributed by atoms with Gasteiger partial charge in [0, 0.05) is 53.1 Å². The molecule has 0 unspecified atom stereocenters. The van der Waals surface area contributed by atoms with E-state index >= 15 is 0 Å². The van der Waals surface area contributed by atoms with Gasteiger partial charge in [0.2, 0.25) is 0 Å². The predicted molar refractivity (Wildman–Crippen MR) is 283 cm³/mol. The summed E-state index contributed by atoms with van der Waals surface area (Å²) in [5, 5.41) is 12.8. The van der Waals surface area contributed by atoms with Crippen LogP contribution in [-0.2, 0) is 0 Å². The van der Waals surface area contributed by atoms with Crippen LogP contribution in [0, 0.1) is 13.8 Å². The smallest absolute Gasteiger partial charge is 0.0669 e. The number of rotatable bonds is 8. The second-order valence-corrected chi connectivity index (χ2v) is 20.3. The molecular weight excluding hydrogens is 813 g/mol. The molecule has 0 bridgehead atoms. The van der Waals surface area contributed by atoms with Crippen molar-refractivity contribution in [1.82, 2.24) is 0 Å². The Bertz CT molecular complexity index is 3540. The third kappa shape index (κ3) is 5.96. The molecule has 2 nitrogen and oxygen atoms in total. The highest BCUT2D eigenvalue weighted by Crippen LogP contribution is 2.53. The van der Waals surface area contributed by atoms with Crippen LogP contribution in [0.3, 0.4) is 0 Å². The fourth-order valence-electron chi connectivity index (χ4n) is 10.3. The van der Waals surface area contributed by atoms with E-state index in [1.807, 2.05) is 22.7 Å². The molecule has 0 radical (unpaired) electrons. The molecule has 0 amide bonds. The fraction of sp³-hybridized carbons (Fsp3) is 0.133. The second-order valence-electron chi connectivity index (χ2n) is 18.2. The Hall–Kier alpha value is -6.72. The molecule has 0 aliphatic heterocycles. The van der Waals surface area contributed by atoms with E-state index in [1.54, 1.807) is 0 Å². The van der Waals surface area contributed by atoms with Gasteiger partial charge in [0.1, 0.15) is 0 Å². The Labute approximate surface area is 382 Å². The highest BCUT2D eigenvalue weighted by molar-refractivity contribution is 7.26. The molecule has 0 saturated heterocycles. The molecule has 0 N–H and O–H groups in total. The molecule has 310 valence electrons. The molecule has 4 heteroatoms. The van der Waals surface area contributed by atoms with Gasteiger partial charge in [-0.15, -0.1) is 22.7 Å². The summed E-state index contributed by atoms with van der Waals surface area (Å²) < 4.78 is 5.25. The van der Waals surface area contributed by atoms with E-state index in [0.29, 0.717) is 11.8 Å². The van der Waals surface area contributed by atoms with Crippen LogP contribution in [0.15, 0.2) is 170 Å². The minimum absolute atomic E-state index is 0.397. The van der Waals surface area contributed by atoms with Gasteiger partial charge in [-0.3, -0.25) is 0 Å². The average Bonchev–Trinajstić information content (AvgIpc) is 3.89. The highest BCUT2D eigenvalue weighted by atomic mass is 32.1. The van der Waals surface area contributed by atoms with E-state index in [2.05, 4.69) is 221 Å². The monoisotopic (exact) mass is 860 g/mol.